The van der Waals surface area contributed by atoms with Gasteiger partial charge in [-0.3, -0.25) is 14.5 Å². The van der Waals surface area contributed by atoms with Crippen LogP contribution in [0.1, 0.15) is 37.3 Å². The third-order valence-electron chi connectivity index (χ3n) is 5.38. The molecule has 0 saturated carbocycles. The first-order valence-electron chi connectivity index (χ1n) is 8.58. The molecule has 3 rings (SSSR count). The summed E-state index contributed by atoms with van der Waals surface area (Å²) in [7, 11) is 1.61. The number of imide groups is 1. The summed E-state index contributed by atoms with van der Waals surface area (Å²) in [5, 5.41) is 0. The Hall–Kier alpha value is -2.14. The summed E-state index contributed by atoms with van der Waals surface area (Å²) in [4.78, 5) is 27.1. The van der Waals surface area contributed by atoms with Crippen LogP contribution in [0.2, 0.25) is 0 Å². The highest BCUT2D eigenvalue weighted by atomic mass is 79.9. The molecule has 1 heterocycles. The third-order valence-corrected chi connectivity index (χ3v) is 5.91. The number of hydrogen-bond donors (Lipinski definition) is 0. The smallest absolute Gasteiger partial charge is 0.236 e. The van der Waals surface area contributed by atoms with Gasteiger partial charge in [-0.2, -0.15) is 0 Å². The fourth-order valence-corrected chi connectivity index (χ4v) is 3.70. The van der Waals surface area contributed by atoms with E-state index in [0.717, 1.165) is 21.3 Å². The van der Waals surface area contributed by atoms with Crippen molar-refractivity contribution in [2.24, 2.45) is 5.41 Å². The van der Waals surface area contributed by atoms with Gasteiger partial charge in [0.05, 0.1) is 19.1 Å². The Bertz CT molecular complexity index is 816. The molecule has 2 atom stereocenters. The number of carbonyl (C=O) groups is 2. The second-order valence-electron chi connectivity index (χ2n) is 7.00. The van der Waals surface area contributed by atoms with E-state index >= 15 is 0 Å². The van der Waals surface area contributed by atoms with Crippen LogP contribution in [0, 0.1) is 5.41 Å². The van der Waals surface area contributed by atoms with Gasteiger partial charge in [0.15, 0.2) is 0 Å². The van der Waals surface area contributed by atoms with Gasteiger partial charge in [0, 0.05) is 10.9 Å². The topological polar surface area (TPSA) is 46.6 Å². The van der Waals surface area contributed by atoms with Gasteiger partial charge in [-0.15, -0.1) is 0 Å². The van der Waals surface area contributed by atoms with E-state index in [1.54, 1.807) is 7.11 Å². The first-order chi connectivity index (χ1) is 12.3. The summed E-state index contributed by atoms with van der Waals surface area (Å²) in [5.74, 6) is 0.487. The fraction of sp³-hybridized carbons (Fsp3) is 0.333. The van der Waals surface area contributed by atoms with Crippen LogP contribution >= 0.6 is 15.9 Å². The summed E-state index contributed by atoms with van der Waals surface area (Å²) < 4.78 is 6.15. The molecule has 2 aromatic rings. The molecular weight excluding hydrogens is 394 g/mol. The lowest BCUT2D eigenvalue weighted by molar-refractivity contribution is -0.142. The van der Waals surface area contributed by atoms with Crippen LogP contribution in [0.3, 0.4) is 0 Å². The van der Waals surface area contributed by atoms with Crippen molar-refractivity contribution in [3.63, 3.8) is 0 Å². The van der Waals surface area contributed by atoms with Gasteiger partial charge in [-0.05, 0) is 48.2 Å². The Morgan fingerprint density at radius 1 is 1.12 bits per heavy atom. The second-order valence-corrected chi connectivity index (χ2v) is 7.92. The zero-order chi connectivity index (χ0) is 18.9. The molecule has 26 heavy (non-hydrogen) atoms. The molecule has 0 bridgehead atoms. The van der Waals surface area contributed by atoms with Crippen LogP contribution < -0.4 is 4.74 Å². The number of benzene rings is 2. The number of rotatable bonds is 5. The van der Waals surface area contributed by atoms with Crippen molar-refractivity contribution < 1.29 is 14.3 Å². The molecule has 2 amide bonds. The van der Waals surface area contributed by atoms with E-state index < -0.39 is 5.41 Å². The van der Waals surface area contributed by atoms with E-state index in [9.17, 15) is 9.59 Å². The van der Waals surface area contributed by atoms with Gasteiger partial charge in [0.1, 0.15) is 5.75 Å². The maximum absolute atomic E-state index is 13.1. The third kappa shape index (κ3) is 3.40. The molecule has 136 valence electrons. The van der Waals surface area contributed by atoms with E-state index in [2.05, 4.69) is 15.9 Å². The van der Waals surface area contributed by atoms with Gasteiger partial charge >= 0.3 is 0 Å². The lowest BCUT2D eigenvalue weighted by Crippen LogP contribution is -2.36. The van der Waals surface area contributed by atoms with Crippen LogP contribution in [-0.4, -0.2) is 23.8 Å². The highest BCUT2D eigenvalue weighted by Gasteiger charge is 2.51. The van der Waals surface area contributed by atoms with E-state index in [0.29, 0.717) is 6.54 Å². The predicted octanol–water partition coefficient (Wildman–Crippen LogP) is 4.53. The fourth-order valence-electron chi connectivity index (χ4n) is 3.44. The summed E-state index contributed by atoms with van der Waals surface area (Å²) >= 11 is 3.43. The normalized spacial score (nSPS) is 21.2. The second kappa shape index (κ2) is 7.23. The molecule has 0 aromatic heterocycles. The van der Waals surface area contributed by atoms with E-state index in [1.165, 1.54) is 4.90 Å². The summed E-state index contributed by atoms with van der Waals surface area (Å²) in [5.41, 5.74) is 1.24. The lowest BCUT2D eigenvalue weighted by Gasteiger charge is -2.29. The molecule has 0 N–H and O–H groups in total. The minimum atomic E-state index is -0.725. The number of hydrogen-bond acceptors (Lipinski definition) is 3. The van der Waals surface area contributed by atoms with Crippen LogP contribution in [0.25, 0.3) is 0 Å². The molecule has 0 radical (unpaired) electrons. The molecule has 4 nitrogen and oxygen atoms in total. The van der Waals surface area contributed by atoms with Crippen LogP contribution in [-0.2, 0) is 16.1 Å². The maximum atomic E-state index is 13.1. The molecular formula is C21H22BrNO3. The number of halogens is 1. The van der Waals surface area contributed by atoms with Crippen molar-refractivity contribution in [1.82, 2.24) is 4.90 Å². The quantitative estimate of drug-likeness (QED) is 0.673. The molecule has 1 unspecified atom stereocenters. The minimum Gasteiger partial charge on any atom is -0.497 e. The van der Waals surface area contributed by atoms with Crippen molar-refractivity contribution in [2.45, 2.75) is 32.7 Å². The number of ether oxygens (including phenoxy) is 1. The Morgan fingerprint density at radius 3 is 2.31 bits per heavy atom. The minimum absolute atomic E-state index is 0.0482. The molecule has 2 aromatic carbocycles. The molecule has 1 aliphatic heterocycles. The number of likely N-dealkylation sites (tertiary alicyclic amines) is 1. The van der Waals surface area contributed by atoms with Crippen molar-refractivity contribution in [3.8, 4) is 5.75 Å². The first kappa shape index (κ1) is 18.6. The van der Waals surface area contributed by atoms with Gasteiger partial charge in [0.25, 0.3) is 0 Å². The summed E-state index contributed by atoms with van der Waals surface area (Å²) in [6.45, 7) is 4.21. The number of amides is 2. The van der Waals surface area contributed by atoms with Crippen molar-refractivity contribution in [1.29, 1.82) is 0 Å². The molecule has 1 fully saturated rings. The molecule has 0 spiro atoms. The first-order valence-corrected chi connectivity index (χ1v) is 9.37. The van der Waals surface area contributed by atoms with E-state index in [1.807, 2.05) is 62.4 Å². The highest BCUT2D eigenvalue weighted by molar-refractivity contribution is 9.10. The summed E-state index contributed by atoms with van der Waals surface area (Å²) in [6.07, 6.45) is 0.235. The number of methoxy groups -OCH3 is 1. The standard InChI is InChI=1S/C21H22BrNO3/c1-14(16-6-8-17(22)9-7-16)21(2)12-19(24)23(20(21)25)13-15-4-10-18(26-3)11-5-15/h4-11,14H,12-13H2,1-3H3/t14?,21-/m0/s1. The monoisotopic (exact) mass is 415 g/mol. The Morgan fingerprint density at radius 2 is 1.73 bits per heavy atom. The Balaban J connectivity index is 1.81. The van der Waals surface area contributed by atoms with Crippen LogP contribution in [0.4, 0.5) is 0 Å². The van der Waals surface area contributed by atoms with E-state index in [4.69, 9.17) is 4.74 Å². The number of carbonyl (C=O) groups excluding carboxylic acids is 2. The molecule has 0 aliphatic carbocycles. The SMILES string of the molecule is COc1ccc(CN2C(=O)C[C@@](C)(C(C)c3ccc(Br)cc3)C2=O)cc1. The Kier molecular flexibility index (Phi) is 5.19. The van der Waals surface area contributed by atoms with Gasteiger partial charge in [0.2, 0.25) is 11.8 Å². The zero-order valence-corrected chi connectivity index (χ0v) is 16.7. The predicted molar refractivity (Wildman–Crippen MR) is 104 cm³/mol. The average molecular weight is 416 g/mol. The van der Waals surface area contributed by atoms with Crippen LogP contribution in [0.15, 0.2) is 53.0 Å². The van der Waals surface area contributed by atoms with Gasteiger partial charge in [-0.1, -0.05) is 47.1 Å². The van der Waals surface area contributed by atoms with Crippen molar-refractivity contribution in [3.05, 3.63) is 64.1 Å². The van der Waals surface area contributed by atoms with Crippen molar-refractivity contribution in [2.75, 3.05) is 7.11 Å². The average Bonchev–Trinajstić information content (AvgIpc) is 2.86. The summed E-state index contributed by atoms with van der Waals surface area (Å²) in [6, 6.07) is 15.4. The number of nitrogens with zero attached hydrogens (tertiary/aromatic N) is 1. The van der Waals surface area contributed by atoms with E-state index in [-0.39, 0.29) is 24.2 Å². The highest BCUT2D eigenvalue weighted by Crippen LogP contribution is 2.45. The molecule has 1 aliphatic rings. The largest absolute Gasteiger partial charge is 0.497 e. The van der Waals surface area contributed by atoms with Gasteiger partial charge < -0.3 is 4.74 Å². The van der Waals surface area contributed by atoms with Crippen molar-refractivity contribution >= 4 is 27.7 Å². The molecule has 5 heteroatoms. The zero-order valence-electron chi connectivity index (χ0n) is 15.2. The Labute approximate surface area is 162 Å². The maximum Gasteiger partial charge on any atom is 0.236 e. The van der Waals surface area contributed by atoms with Gasteiger partial charge in [-0.25, -0.2) is 0 Å². The lowest BCUT2D eigenvalue weighted by atomic mass is 9.73. The van der Waals surface area contributed by atoms with Crippen LogP contribution in [0.5, 0.6) is 5.75 Å². The molecule has 1 saturated heterocycles.